The normalized spacial score (nSPS) is 24.0. The van der Waals surface area contributed by atoms with Crippen molar-refractivity contribution in [2.24, 2.45) is 11.3 Å². The third-order valence-electron chi connectivity index (χ3n) is 8.17. The third-order valence-corrected chi connectivity index (χ3v) is 8.17. The molecule has 1 saturated heterocycles. The Balaban J connectivity index is 1.41. The van der Waals surface area contributed by atoms with Gasteiger partial charge < -0.3 is 15.2 Å². The highest BCUT2D eigenvalue weighted by atomic mass is 16.2. The lowest BCUT2D eigenvalue weighted by atomic mass is 9.65. The fourth-order valence-electron chi connectivity index (χ4n) is 5.59. The molecule has 1 aliphatic carbocycles. The van der Waals surface area contributed by atoms with Crippen LogP contribution >= 0.6 is 0 Å². The molecule has 1 spiro atoms. The molecular weight excluding hydrogens is 430 g/mol. The Hall–Kier alpha value is -2.90. The van der Waals surface area contributed by atoms with Crippen molar-refractivity contribution in [1.29, 1.82) is 0 Å². The number of hydrogen-bond donors (Lipinski definition) is 2. The second-order valence-corrected chi connectivity index (χ2v) is 10.5. The van der Waals surface area contributed by atoms with E-state index in [4.69, 9.17) is 0 Å². The molecule has 2 N–H and O–H groups in total. The van der Waals surface area contributed by atoms with Gasteiger partial charge in [0, 0.05) is 6.54 Å². The van der Waals surface area contributed by atoms with Gasteiger partial charge in [-0.05, 0) is 63.0 Å². The summed E-state index contributed by atoms with van der Waals surface area (Å²) < 4.78 is 2.07. The summed E-state index contributed by atoms with van der Waals surface area (Å²) in [5, 5.41) is 5.86. The summed E-state index contributed by atoms with van der Waals surface area (Å²) in [7, 11) is 0. The monoisotopic (exact) mass is 467 g/mol. The molecule has 0 bridgehead atoms. The first-order valence-electron chi connectivity index (χ1n) is 12.5. The molecule has 2 heterocycles. The van der Waals surface area contributed by atoms with Gasteiger partial charge in [0.25, 0.3) is 5.91 Å². The molecule has 2 aliphatic rings. The van der Waals surface area contributed by atoms with Crippen LogP contribution in [0.25, 0.3) is 11.0 Å². The van der Waals surface area contributed by atoms with Crippen LogP contribution in [-0.4, -0.2) is 44.4 Å². The van der Waals surface area contributed by atoms with Gasteiger partial charge in [0.05, 0.1) is 17.1 Å². The predicted octanol–water partition coefficient (Wildman–Crippen LogP) is 4.15. The quantitative estimate of drug-likeness (QED) is 0.598. The Kier molecular flexibility index (Phi) is 6.44. The summed E-state index contributed by atoms with van der Waals surface area (Å²) in [6, 6.07) is 7.03. The van der Waals surface area contributed by atoms with Gasteiger partial charge in [-0.1, -0.05) is 39.3 Å². The van der Waals surface area contributed by atoms with Crippen molar-refractivity contribution in [3.8, 4) is 0 Å². The van der Waals surface area contributed by atoms with E-state index in [1.54, 1.807) is 0 Å². The van der Waals surface area contributed by atoms with Gasteiger partial charge >= 0.3 is 6.03 Å². The number of carbonyl (C=O) groups excluding carboxylic acids is 3. The molecule has 1 aromatic carbocycles. The van der Waals surface area contributed by atoms with E-state index in [0.29, 0.717) is 18.8 Å². The van der Waals surface area contributed by atoms with Gasteiger partial charge in [0.2, 0.25) is 5.91 Å². The van der Waals surface area contributed by atoms with Gasteiger partial charge in [-0.25, -0.2) is 9.78 Å². The van der Waals surface area contributed by atoms with Gasteiger partial charge in [0.15, 0.2) is 0 Å². The second kappa shape index (κ2) is 9.04. The van der Waals surface area contributed by atoms with Crippen LogP contribution in [0.2, 0.25) is 0 Å². The third kappa shape index (κ3) is 4.18. The van der Waals surface area contributed by atoms with Crippen molar-refractivity contribution in [3.63, 3.8) is 0 Å². The van der Waals surface area contributed by atoms with Crippen LogP contribution in [0.1, 0.15) is 78.6 Å². The van der Waals surface area contributed by atoms with Crippen molar-refractivity contribution in [2.75, 3.05) is 6.54 Å². The molecule has 34 heavy (non-hydrogen) atoms. The lowest BCUT2D eigenvalue weighted by molar-refractivity contribution is -0.136. The predicted molar refractivity (Wildman–Crippen MR) is 131 cm³/mol. The first-order chi connectivity index (χ1) is 16.1. The van der Waals surface area contributed by atoms with E-state index in [1.165, 1.54) is 0 Å². The van der Waals surface area contributed by atoms with Crippen LogP contribution in [0.4, 0.5) is 4.79 Å². The minimum absolute atomic E-state index is 0.220. The Bertz CT molecular complexity index is 1100. The van der Waals surface area contributed by atoms with Gasteiger partial charge in [-0.2, -0.15) is 0 Å². The molecule has 0 radical (unpaired) electrons. The van der Waals surface area contributed by atoms with Crippen molar-refractivity contribution in [2.45, 2.75) is 84.8 Å². The van der Waals surface area contributed by atoms with Crippen LogP contribution in [-0.2, 0) is 16.1 Å². The Morgan fingerprint density at radius 2 is 1.91 bits per heavy atom. The number of urea groups is 1. The lowest BCUT2D eigenvalue weighted by Crippen LogP contribution is -2.51. The number of nitrogens with one attached hydrogen (secondary N) is 2. The van der Waals surface area contributed by atoms with Crippen LogP contribution in [0.3, 0.4) is 0 Å². The fraction of sp³-hybridized carbons (Fsp3) is 0.615. The standard InChI is InChI=1S/C26H37N5O3/c1-6-25(4,5)18-12-14-26(15-13-18)23(33)31(24(34)29-26)16-21(32)27-17(3)22-28-19-10-8-9-11-20(19)30(22)7-2/h8-11,17-18H,6-7,12-16H2,1-5H3,(H,27,32)(H,29,34). The molecule has 8 nitrogen and oxygen atoms in total. The zero-order chi connectivity index (χ0) is 24.7. The highest BCUT2D eigenvalue weighted by Crippen LogP contribution is 2.45. The average molecular weight is 468 g/mol. The maximum absolute atomic E-state index is 13.3. The number of benzene rings is 1. The van der Waals surface area contributed by atoms with Gasteiger partial charge in [-0.3, -0.25) is 14.5 Å². The van der Waals surface area contributed by atoms with Gasteiger partial charge in [0.1, 0.15) is 17.9 Å². The van der Waals surface area contributed by atoms with Crippen LogP contribution < -0.4 is 10.6 Å². The Labute approximate surface area is 201 Å². The van der Waals surface area contributed by atoms with Crippen LogP contribution in [0.5, 0.6) is 0 Å². The van der Waals surface area contributed by atoms with E-state index in [1.807, 2.05) is 38.1 Å². The van der Waals surface area contributed by atoms with Crippen molar-refractivity contribution < 1.29 is 14.4 Å². The minimum Gasteiger partial charge on any atom is -0.345 e. The summed E-state index contributed by atoms with van der Waals surface area (Å²) in [4.78, 5) is 44.6. The highest BCUT2D eigenvalue weighted by Gasteiger charge is 2.53. The summed E-state index contributed by atoms with van der Waals surface area (Å²) in [5.74, 6) is 0.642. The molecule has 1 saturated carbocycles. The maximum Gasteiger partial charge on any atom is 0.325 e. The van der Waals surface area contributed by atoms with Crippen molar-refractivity contribution >= 4 is 28.9 Å². The molecule has 184 valence electrons. The number of aromatic nitrogens is 2. The zero-order valence-electron chi connectivity index (χ0n) is 21.0. The molecule has 1 aliphatic heterocycles. The van der Waals surface area contributed by atoms with Crippen molar-refractivity contribution in [3.05, 3.63) is 30.1 Å². The molecule has 2 aromatic rings. The summed E-state index contributed by atoms with van der Waals surface area (Å²) in [6.07, 6.45) is 4.14. The van der Waals surface area contributed by atoms with Gasteiger partial charge in [-0.15, -0.1) is 0 Å². The molecule has 4 rings (SSSR count). The van der Waals surface area contributed by atoms with E-state index in [9.17, 15) is 14.4 Å². The fourth-order valence-corrected chi connectivity index (χ4v) is 5.59. The Morgan fingerprint density at radius 1 is 1.24 bits per heavy atom. The molecule has 8 heteroatoms. The first kappa shape index (κ1) is 24.2. The SMILES string of the molecule is CCn1c(C(C)NC(=O)CN2C(=O)NC3(CCC(C(C)(C)CC)CC3)C2=O)nc2ccccc21. The molecule has 4 amide bonds. The minimum atomic E-state index is -0.862. The largest absolute Gasteiger partial charge is 0.345 e. The topological polar surface area (TPSA) is 96.3 Å². The number of rotatable bonds is 7. The van der Waals surface area contributed by atoms with E-state index in [0.717, 1.165) is 47.6 Å². The number of fused-ring (bicyclic) bond motifs is 1. The number of aryl methyl sites for hydroxylation is 1. The first-order valence-corrected chi connectivity index (χ1v) is 12.5. The summed E-state index contributed by atoms with van der Waals surface area (Å²) in [5.41, 5.74) is 1.25. The number of para-hydroxylation sites is 2. The number of hydrogen-bond acceptors (Lipinski definition) is 4. The van der Waals surface area contributed by atoms with E-state index in [2.05, 4.69) is 41.0 Å². The smallest absolute Gasteiger partial charge is 0.325 e. The van der Waals surface area contributed by atoms with Crippen molar-refractivity contribution in [1.82, 2.24) is 25.1 Å². The summed E-state index contributed by atoms with van der Waals surface area (Å²) in [6.45, 7) is 11.1. The number of amides is 4. The molecule has 1 atom stereocenters. The number of imide groups is 1. The Morgan fingerprint density at radius 3 is 2.56 bits per heavy atom. The average Bonchev–Trinajstić information content (AvgIpc) is 3.30. The molecule has 2 fully saturated rings. The van der Waals surface area contributed by atoms with E-state index < -0.39 is 11.6 Å². The number of carbonyl (C=O) groups is 3. The van der Waals surface area contributed by atoms with E-state index in [-0.39, 0.29) is 29.8 Å². The lowest BCUT2D eigenvalue weighted by Gasteiger charge is -2.42. The second-order valence-electron chi connectivity index (χ2n) is 10.5. The maximum atomic E-state index is 13.3. The van der Waals surface area contributed by atoms with Crippen LogP contribution in [0, 0.1) is 11.3 Å². The number of imidazole rings is 1. The molecule has 1 unspecified atom stereocenters. The van der Waals surface area contributed by atoms with Crippen LogP contribution in [0.15, 0.2) is 24.3 Å². The molecular formula is C26H37N5O3. The number of nitrogens with zero attached hydrogens (tertiary/aromatic N) is 3. The zero-order valence-corrected chi connectivity index (χ0v) is 21.0. The van der Waals surface area contributed by atoms with E-state index >= 15 is 0 Å². The molecule has 1 aromatic heterocycles. The highest BCUT2D eigenvalue weighted by molar-refractivity contribution is 6.09. The summed E-state index contributed by atoms with van der Waals surface area (Å²) >= 11 is 0.